The zero-order valence-corrected chi connectivity index (χ0v) is 17.9. The Hall–Kier alpha value is -1.58. The number of carbonyl (C=O) groups excluding carboxylic acids is 2. The molecule has 0 aromatic rings. The molecule has 1 heterocycles. The third-order valence-corrected chi connectivity index (χ3v) is 8.09. The van der Waals surface area contributed by atoms with Crippen LogP contribution in [0.5, 0.6) is 0 Å². The third kappa shape index (κ3) is 2.40. The van der Waals surface area contributed by atoms with Gasteiger partial charge in [-0.1, -0.05) is 26.0 Å². The van der Waals surface area contributed by atoms with Crippen LogP contribution >= 0.6 is 0 Å². The maximum Gasteiger partial charge on any atom is 0.303 e. The molecular formula is C22H30O8. The lowest BCUT2D eigenvalue weighted by Crippen LogP contribution is -2.77. The van der Waals surface area contributed by atoms with Crippen LogP contribution in [0, 0.1) is 16.7 Å². The van der Waals surface area contributed by atoms with E-state index < -0.39 is 64.1 Å². The summed E-state index contributed by atoms with van der Waals surface area (Å²) in [4.78, 5) is 25.9. The lowest BCUT2D eigenvalue weighted by atomic mass is 9.47. The molecule has 1 saturated heterocycles. The number of aliphatic hydroxyl groups excluding tert-OH is 2. The molecule has 2 fully saturated rings. The van der Waals surface area contributed by atoms with Gasteiger partial charge in [-0.3, -0.25) is 9.59 Å². The summed E-state index contributed by atoms with van der Waals surface area (Å²) >= 11 is 0. The Balaban J connectivity index is 2.04. The number of ether oxygens (including phenoxy) is 2. The third-order valence-electron chi connectivity index (χ3n) is 8.09. The van der Waals surface area contributed by atoms with Crippen molar-refractivity contribution in [1.82, 2.24) is 0 Å². The van der Waals surface area contributed by atoms with Crippen molar-refractivity contribution in [1.29, 1.82) is 0 Å². The van der Waals surface area contributed by atoms with Crippen LogP contribution < -0.4 is 0 Å². The number of hydrogen-bond donors (Lipinski definition) is 4. The molecule has 4 aliphatic rings. The fourth-order valence-corrected chi connectivity index (χ4v) is 6.19. The van der Waals surface area contributed by atoms with Gasteiger partial charge in [-0.2, -0.15) is 0 Å². The van der Waals surface area contributed by atoms with E-state index in [9.17, 15) is 30.0 Å². The number of fused-ring (bicyclic) bond motifs is 5. The minimum atomic E-state index is -1.90. The van der Waals surface area contributed by atoms with Crippen molar-refractivity contribution in [3.05, 3.63) is 23.3 Å². The second kappa shape index (κ2) is 6.23. The summed E-state index contributed by atoms with van der Waals surface area (Å²) in [6.07, 6.45) is -1.83. The van der Waals surface area contributed by atoms with E-state index in [0.29, 0.717) is 5.57 Å². The molecule has 0 spiro atoms. The number of esters is 1. The van der Waals surface area contributed by atoms with Crippen molar-refractivity contribution in [2.75, 3.05) is 6.61 Å². The van der Waals surface area contributed by atoms with Gasteiger partial charge in [0, 0.05) is 24.7 Å². The Labute approximate surface area is 175 Å². The maximum absolute atomic E-state index is 13.9. The molecular weight excluding hydrogens is 392 g/mol. The summed E-state index contributed by atoms with van der Waals surface area (Å²) in [5.74, 6) is -2.33. The highest BCUT2D eigenvalue weighted by Crippen LogP contribution is 2.60. The van der Waals surface area contributed by atoms with Crippen LogP contribution in [0.15, 0.2) is 23.3 Å². The van der Waals surface area contributed by atoms with Gasteiger partial charge in [0.1, 0.15) is 17.3 Å². The van der Waals surface area contributed by atoms with E-state index in [1.807, 2.05) is 0 Å². The van der Waals surface area contributed by atoms with Crippen LogP contribution in [0.2, 0.25) is 0 Å². The van der Waals surface area contributed by atoms with Crippen molar-refractivity contribution >= 4 is 11.8 Å². The van der Waals surface area contributed by atoms with Crippen molar-refractivity contribution in [3.63, 3.8) is 0 Å². The first kappa shape index (κ1) is 21.6. The van der Waals surface area contributed by atoms with Gasteiger partial charge in [0.2, 0.25) is 0 Å². The molecule has 8 heteroatoms. The highest BCUT2D eigenvalue weighted by Gasteiger charge is 2.72. The largest absolute Gasteiger partial charge is 0.450 e. The smallest absolute Gasteiger partial charge is 0.303 e. The maximum atomic E-state index is 13.9. The molecule has 0 radical (unpaired) electrons. The number of aliphatic hydroxyl groups is 4. The Bertz CT molecular complexity index is 874. The van der Waals surface area contributed by atoms with E-state index in [1.165, 1.54) is 6.92 Å². The number of Topliss-reactive ketones (excluding diaryl/α,β-unsaturated/α-hetero) is 1. The summed E-state index contributed by atoms with van der Waals surface area (Å²) in [5, 5.41) is 45.5. The Morgan fingerprint density at radius 1 is 1.23 bits per heavy atom. The Morgan fingerprint density at radius 2 is 1.87 bits per heavy atom. The molecule has 0 unspecified atom stereocenters. The summed E-state index contributed by atoms with van der Waals surface area (Å²) in [6.45, 7) is 7.61. The van der Waals surface area contributed by atoms with E-state index in [0.717, 1.165) is 0 Å². The molecule has 1 saturated carbocycles. The van der Waals surface area contributed by atoms with Crippen molar-refractivity contribution in [2.24, 2.45) is 16.7 Å². The molecule has 3 aliphatic carbocycles. The van der Waals surface area contributed by atoms with E-state index in [4.69, 9.17) is 9.47 Å². The second-order valence-corrected chi connectivity index (χ2v) is 10.0. The number of carbonyl (C=O) groups is 2. The highest BCUT2D eigenvalue weighted by atomic mass is 16.6. The number of ketones is 1. The van der Waals surface area contributed by atoms with Crippen molar-refractivity contribution in [3.8, 4) is 0 Å². The fraction of sp³-hybridized carbons (Fsp3) is 0.727. The lowest BCUT2D eigenvalue weighted by molar-refractivity contribution is -0.302. The van der Waals surface area contributed by atoms with Gasteiger partial charge >= 0.3 is 5.97 Å². The minimum Gasteiger partial charge on any atom is -0.450 e. The molecule has 0 aromatic carbocycles. The molecule has 8 nitrogen and oxygen atoms in total. The highest BCUT2D eigenvalue weighted by molar-refractivity contribution is 5.96. The van der Waals surface area contributed by atoms with Crippen LogP contribution in [-0.4, -0.2) is 74.4 Å². The molecule has 30 heavy (non-hydrogen) atoms. The summed E-state index contributed by atoms with van der Waals surface area (Å²) in [7, 11) is 0. The lowest BCUT2D eigenvalue weighted by Gasteiger charge is -2.64. The van der Waals surface area contributed by atoms with Crippen molar-refractivity contribution in [2.45, 2.75) is 76.7 Å². The quantitative estimate of drug-likeness (QED) is 0.343. The van der Waals surface area contributed by atoms with E-state index >= 15 is 0 Å². The van der Waals surface area contributed by atoms with Gasteiger partial charge in [-0.15, -0.1) is 0 Å². The van der Waals surface area contributed by atoms with Crippen LogP contribution in [-0.2, 0) is 19.1 Å². The molecule has 1 aliphatic heterocycles. The van der Waals surface area contributed by atoms with Crippen LogP contribution in [0.25, 0.3) is 0 Å². The Morgan fingerprint density at radius 3 is 2.40 bits per heavy atom. The van der Waals surface area contributed by atoms with E-state index in [-0.39, 0.29) is 18.6 Å². The Kier molecular flexibility index (Phi) is 4.50. The summed E-state index contributed by atoms with van der Waals surface area (Å²) in [6, 6.07) is 0. The van der Waals surface area contributed by atoms with Gasteiger partial charge in [-0.05, 0) is 25.0 Å². The number of allylic oxidation sites excluding steroid dienone is 1. The van der Waals surface area contributed by atoms with Crippen LogP contribution in [0.1, 0.15) is 41.0 Å². The first-order chi connectivity index (χ1) is 13.7. The molecule has 0 aromatic heterocycles. The predicted octanol–water partition coefficient (Wildman–Crippen LogP) is 0.0223. The normalized spacial score (nSPS) is 49.4. The van der Waals surface area contributed by atoms with Crippen LogP contribution in [0.3, 0.4) is 0 Å². The fourth-order valence-electron chi connectivity index (χ4n) is 6.19. The average Bonchev–Trinajstić information content (AvgIpc) is 2.62. The van der Waals surface area contributed by atoms with E-state index in [1.54, 1.807) is 39.8 Å². The predicted molar refractivity (Wildman–Crippen MR) is 104 cm³/mol. The van der Waals surface area contributed by atoms with Gasteiger partial charge in [0.15, 0.2) is 11.9 Å². The van der Waals surface area contributed by atoms with Gasteiger partial charge in [0.05, 0.1) is 24.2 Å². The van der Waals surface area contributed by atoms with Crippen LogP contribution in [0.4, 0.5) is 0 Å². The van der Waals surface area contributed by atoms with Crippen molar-refractivity contribution < 1.29 is 39.5 Å². The number of rotatable bonds is 1. The average molecular weight is 422 g/mol. The molecule has 0 amide bonds. The van der Waals surface area contributed by atoms with E-state index in [2.05, 4.69) is 0 Å². The first-order valence-corrected chi connectivity index (χ1v) is 10.3. The van der Waals surface area contributed by atoms with Gasteiger partial charge in [0.25, 0.3) is 0 Å². The molecule has 4 N–H and O–H groups in total. The summed E-state index contributed by atoms with van der Waals surface area (Å²) in [5.41, 5.74) is -5.42. The standard InChI is InChI=1S/C22H30O8/c1-10-12(24)8-22(28)18(26)16-20(5,7-6-13-21(16,27)9-29-13)17(25)15(30-11(2)23)14(10)19(22,3)4/h6-7,12-13,15-16,18,24,26-28H,8-9H2,1-5H3/t12-,13+,15+,16-,18-,20+,21-,22+/m0/s1. The topological polar surface area (TPSA) is 134 Å². The molecule has 2 bridgehead atoms. The van der Waals surface area contributed by atoms with Gasteiger partial charge < -0.3 is 29.9 Å². The summed E-state index contributed by atoms with van der Waals surface area (Å²) < 4.78 is 10.9. The molecule has 8 atom stereocenters. The zero-order chi connectivity index (χ0) is 22.4. The van der Waals surface area contributed by atoms with Gasteiger partial charge in [-0.25, -0.2) is 0 Å². The monoisotopic (exact) mass is 422 g/mol. The minimum absolute atomic E-state index is 0.106. The molecule has 166 valence electrons. The molecule has 4 rings (SSSR count). The SMILES string of the molecule is CC(=O)O[C@H]1C(=O)[C@]2(C)C=C[C@H]3OC[C@@]3(O)[C@H]2[C@H](O)[C@]2(O)C[C@H](O)C(C)=C1C2(C)C. The number of hydrogen-bond acceptors (Lipinski definition) is 8. The second-order valence-electron chi connectivity index (χ2n) is 10.0. The first-order valence-electron chi connectivity index (χ1n) is 10.3. The zero-order valence-electron chi connectivity index (χ0n) is 17.9.